The van der Waals surface area contributed by atoms with Gasteiger partial charge in [0.05, 0.1) is 11.9 Å². The van der Waals surface area contributed by atoms with Crippen molar-refractivity contribution in [3.8, 4) is 0 Å². The number of nitrogens with zero attached hydrogens (tertiary/aromatic N) is 2. The fraction of sp³-hybridized carbons (Fsp3) is 0.214. The molecule has 2 heterocycles. The number of hydrogen-bond acceptors (Lipinski definition) is 3. The van der Waals surface area contributed by atoms with E-state index < -0.39 is 17.4 Å². The minimum atomic E-state index is -4.51. The Hall–Kier alpha value is -1.96. The van der Waals surface area contributed by atoms with Crippen LogP contribution in [0.1, 0.15) is 23.9 Å². The molecule has 2 aromatic rings. The van der Waals surface area contributed by atoms with Crippen LogP contribution in [0.2, 0.25) is 0 Å². The van der Waals surface area contributed by atoms with Crippen LogP contribution in [0.3, 0.4) is 0 Å². The number of benzene rings is 1. The molecule has 1 aromatic heterocycles. The van der Waals surface area contributed by atoms with Gasteiger partial charge < -0.3 is 11.1 Å². The van der Waals surface area contributed by atoms with Crippen LogP contribution in [0.15, 0.2) is 40.6 Å². The van der Waals surface area contributed by atoms with Crippen molar-refractivity contribution in [3.63, 3.8) is 0 Å². The fourth-order valence-corrected chi connectivity index (χ4v) is 2.94. The molecule has 22 heavy (non-hydrogen) atoms. The van der Waals surface area contributed by atoms with E-state index in [1.807, 2.05) is 24.3 Å². The molecule has 1 aliphatic heterocycles. The molecule has 0 amide bonds. The molecule has 1 atom stereocenters. The van der Waals surface area contributed by atoms with E-state index in [4.69, 9.17) is 5.73 Å². The van der Waals surface area contributed by atoms with Gasteiger partial charge in [0.25, 0.3) is 0 Å². The Balaban J connectivity index is 2.20. The van der Waals surface area contributed by atoms with E-state index in [0.717, 1.165) is 16.1 Å². The average molecular weight is 373 g/mol. The second-order valence-electron chi connectivity index (χ2n) is 5.20. The third-order valence-electron chi connectivity index (χ3n) is 3.60. The lowest BCUT2D eigenvalue weighted by Crippen LogP contribution is -2.46. The molecular formula is C14H12BrF3N4. The third kappa shape index (κ3) is 2.37. The van der Waals surface area contributed by atoms with E-state index in [0.29, 0.717) is 5.69 Å². The zero-order chi connectivity index (χ0) is 16.1. The van der Waals surface area contributed by atoms with Gasteiger partial charge in [0.15, 0.2) is 5.69 Å². The second-order valence-corrected chi connectivity index (χ2v) is 6.12. The van der Waals surface area contributed by atoms with Gasteiger partial charge in [-0.1, -0.05) is 28.1 Å². The smallest absolute Gasteiger partial charge is 0.384 e. The normalized spacial score (nSPS) is 21.0. The van der Waals surface area contributed by atoms with Gasteiger partial charge in [-0.15, -0.1) is 0 Å². The molecule has 3 N–H and O–H groups in total. The van der Waals surface area contributed by atoms with E-state index in [1.165, 1.54) is 10.9 Å². The molecule has 0 radical (unpaired) electrons. The highest BCUT2D eigenvalue weighted by molar-refractivity contribution is 9.10. The van der Waals surface area contributed by atoms with Gasteiger partial charge >= 0.3 is 6.18 Å². The standard InChI is InChI=1S/C14H12BrF3N4/c1-13(8-3-2-4-9(15)5-8)11-6-10(14(16,17)18)21-22(11)7-12(19)20-13/h2-7,20H,19H2,1H3. The molecule has 0 fully saturated rings. The van der Waals surface area contributed by atoms with Gasteiger partial charge in [-0.3, -0.25) is 0 Å². The number of rotatable bonds is 1. The summed E-state index contributed by atoms with van der Waals surface area (Å²) < 4.78 is 40.8. The van der Waals surface area contributed by atoms with Crippen molar-refractivity contribution in [2.75, 3.05) is 0 Å². The number of nitrogens with one attached hydrogen (secondary N) is 1. The molecule has 8 heteroatoms. The van der Waals surface area contributed by atoms with Crippen LogP contribution in [0.4, 0.5) is 13.2 Å². The highest BCUT2D eigenvalue weighted by Gasteiger charge is 2.41. The zero-order valence-corrected chi connectivity index (χ0v) is 13.0. The quantitative estimate of drug-likeness (QED) is 0.807. The lowest BCUT2D eigenvalue weighted by molar-refractivity contribution is -0.141. The molecule has 1 unspecified atom stereocenters. The van der Waals surface area contributed by atoms with Crippen LogP contribution in [0, 0.1) is 0 Å². The lowest BCUT2D eigenvalue weighted by Gasteiger charge is -2.35. The first-order chi connectivity index (χ1) is 10.2. The molecular weight excluding hydrogens is 361 g/mol. The maximum absolute atomic E-state index is 12.9. The van der Waals surface area contributed by atoms with Crippen molar-refractivity contribution in [1.29, 1.82) is 0 Å². The molecule has 0 saturated heterocycles. The third-order valence-corrected chi connectivity index (χ3v) is 4.09. The van der Waals surface area contributed by atoms with Crippen molar-refractivity contribution in [1.82, 2.24) is 15.1 Å². The number of alkyl halides is 3. The molecule has 4 nitrogen and oxygen atoms in total. The second kappa shape index (κ2) is 4.77. The van der Waals surface area contributed by atoms with E-state index in [1.54, 1.807) is 6.92 Å². The lowest BCUT2D eigenvalue weighted by atomic mass is 9.87. The van der Waals surface area contributed by atoms with E-state index in [2.05, 4.69) is 26.3 Å². The number of aromatic nitrogens is 2. The van der Waals surface area contributed by atoms with E-state index in [-0.39, 0.29) is 5.82 Å². The minimum absolute atomic E-state index is 0.242. The van der Waals surface area contributed by atoms with Crippen molar-refractivity contribution in [2.45, 2.75) is 18.6 Å². The summed E-state index contributed by atoms with van der Waals surface area (Å²) in [5, 5.41) is 6.65. The Labute approximate surface area is 132 Å². The van der Waals surface area contributed by atoms with Gasteiger partial charge in [0.2, 0.25) is 0 Å². The fourth-order valence-electron chi connectivity index (χ4n) is 2.54. The van der Waals surface area contributed by atoms with Crippen LogP contribution in [-0.2, 0) is 11.7 Å². The van der Waals surface area contributed by atoms with Crippen LogP contribution in [0.5, 0.6) is 0 Å². The Morgan fingerprint density at radius 3 is 2.68 bits per heavy atom. The summed E-state index contributed by atoms with van der Waals surface area (Å²) in [6.07, 6.45) is -3.17. The van der Waals surface area contributed by atoms with Crippen LogP contribution in [-0.4, -0.2) is 9.78 Å². The summed E-state index contributed by atoms with van der Waals surface area (Å²) in [5.41, 5.74) is 5.09. The Morgan fingerprint density at radius 1 is 1.32 bits per heavy atom. The SMILES string of the molecule is CC1(c2cccc(Br)c2)NC(N)=Cn2nc(C(F)(F)F)cc21. The minimum Gasteiger partial charge on any atom is -0.384 e. The number of halogens is 4. The van der Waals surface area contributed by atoms with E-state index in [9.17, 15) is 13.2 Å². The van der Waals surface area contributed by atoms with Crippen molar-refractivity contribution in [2.24, 2.45) is 5.73 Å². The first-order valence-electron chi connectivity index (χ1n) is 6.39. The van der Waals surface area contributed by atoms with Crippen molar-refractivity contribution >= 4 is 22.1 Å². The van der Waals surface area contributed by atoms with Gasteiger partial charge in [0.1, 0.15) is 11.4 Å². The Bertz CT molecular complexity index is 766. The van der Waals surface area contributed by atoms with Gasteiger partial charge in [-0.05, 0) is 30.7 Å². The van der Waals surface area contributed by atoms with Crippen molar-refractivity contribution < 1.29 is 13.2 Å². The average Bonchev–Trinajstić information content (AvgIpc) is 2.83. The molecule has 3 rings (SSSR count). The molecule has 1 aliphatic rings. The summed E-state index contributed by atoms with van der Waals surface area (Å²) in [5.74, 6) is 0.242. The maximum atomic E-state index is 12.9. The van der Waals surface area contributed by atoms with Crippen LogP contribution in [0.25, 0.3) is 6.20 Å². The van der Waals surface area contributed by atoms with E-state index >= 15 is 0 Å². The van der Waals surface area contributed by atoms with Gasteiger partial charge in [-0.25, -0.2) is 4.68 Å². The van der Waals surface area contributed by atoms with Gasteiger partial charge in [-0.2, -0.15) is 18.3 Å². The number of hydrogen-bond donors (Lipinski definition) is 2. The topological polar surface area (TPSA) is 55.9 Å². The van der Waals surface area contributed by atoms with Crippen LogP contribution >= 0.6 is 15.9 Å². The molecule has 0 spiro atoms. The summed E-state index contributed by atoms with van der Waals surface area (Å²) in [4.78, 5) is 0. The van der Waals surface area contributed by atoms with Crippen molar-refractivity contribution in [3.05, 3.63) is 57.6 Å². The molecule has 0 aliphatic carbocycles. The summed E-state index contributed by atoms with van der Waals surface area (Å²) in [6, 6.07) is 8.34. The first-order valence-corrected chi connectivity index (χ1v) is 7.18. The maximum Gasteiger partial charge on any atom is 0.435 e. The first kappa shape index (κ1) is 15.0. The highest BCUT2D eigenvalue weighted by Crippen LogP contribution is 2.37. The predicted octanol–water partition coefficient (Wildman–Crippen LogP) is 3.25. The molecule has 0 saturated carbocycles. The zero-order valence-electron chi connectivity index (χ0n) is 11.4. The van der Waals surface area contributed by atoms with Gasteiger partial charge in [0, 0.05) is 4.47 Å². The summed E-state index contributed by atoms with van der Waals surface area (Å²) in [7, 11) is 0. The molecule has 1 aromatic carbocycles. The van der Waals surface area contributed by atoms with Crippen LogP contribution < -0.4 is 11.1 Å². The Morgan fingerprint density at radius 2 is 2.05 bits per heavy atom. The highest BCUT2D eigenvalue weighted by atomic mass is 79.9. The molecule has 0 bridgehead atoms. The monoisotopic (exact) mass is 372 g/mol. The Kier molecular flexibility index (Phi) is 3.24. The summed E-state index contributed by atoms with van der Waals surface area (Å²) in [6.45, 7) is 1.77. The number of fused-ring (bicyclic) bond motifs is 1. The molecule has 116 valence electrons. The number of nitrogens with two attached hydrogens (primary N) is 1. The largest absolute Gasteiger partial charge is 0.435 e. The summed E-state index contributed by atoms with van der Waals surface area (Å²) >= 11 is 3.37. The predicted molar refractivity (Wildman–Crippen MR) is 79.4 cm³/mol.